The molecule has 2 aromatic rings. The molecule has 0 saturated heterocycles. The number of rotatable bonds is 3. The number of urea groups is 1. The van der Waals surface area contributed by atoms with E-state index in [-0.39, 0.29) is 6.03 Å². The summed E-state index contributed by atoms with van der Waals surface area (Å²) in [4.78, 5) is 11.7. The molecule has 1 aliphatic carbocycles. The predicted octanol–water partition coefficient (Wildman–Crippen LogP) is 2.16. The third-order valence-electron chi connectivity index (χ3n) is 2.82. The Labute approximate surface area is 105 Å². The summed E-state index contributed by atoms with van der Waals surface area (Å²) in [6.07, 6.45) is 5.71. The molecule has 0 unspecified atom stereocenters. The Bertz CT molecular complexity index is 546. The van der Waals surface area contributed by atoms with Crippen LogP contribution in [0, 0.1) is 0 Å². The van der Waals surface area contributed by atoms with Crippen LogP contribution < -0.4 is 10.6 Å². The van der Waals surface area contributed by atoms with Crippen molar-refractivity contribution in [2.75, 3.05) is 5.32 Å². The first-order valence-electron chi connectivity index (χ1n) is 5.99. The summed E-state index contributed by atoms with van der Waals surface area (Å²) < 4.78 is 1.73. The van der Waals surface area contributed by atoms with Crippen LogP contribution in [-0.2, 0) is 0 Å². The summed E-state index contributed by atoms with van der Waals surface area (Å²) in [7, 11) is 0. The summed E-state index contributed by atoms with van der Waals surface area (Å²) in [5.41, 5.74) is 1.60. The van der Waals surface area contributed by atoms with E-state index in [2.05, 4.69) is 15.7 Å². The van der Waals surface area contributed by atoms with Crippen LogP contribution in [0.2, 0.25) is 0 Å². The van der Waals surface area contributed by atoms with Gasteiger partial charge in [0.05, 0.1) is 11.4 Å². The SMILES string of the molecule is O=C(Nc1ccccc1-n1cccn1)NC1CC1. The average molecular weight is 242 g/mol. The maximum absolute atomic E-state index is 11.7. The molecule has 5 nitrogen and oxygen atoms in total. The Morgan fingerprint density at radius 2 is 2.11 bits per heavy atom. The smallest absolute Gasteiger partial charge is 0.319 e. The topological polar surface area (TPSA) is 59.0 Å². The van der Waals surface area contributed by atoms with Crippen molar-refractivity contribution in [3.05, 3.63) is 42.7 Å². The Morgan fingerprint density at radius 1 is 1.28 bits per heavy atom. The quantitative estimate of drug-likeness (QED) is 0.866. The van der Waals surface area contributed by atoms with Gasteiger partial charge in [-0.3, -0.25) is 0 Å². The lowest BCUT2D eigenvalue weighted by Crippen LogP contribution is -2.30. The molecular weight excluding hydrogens is 228 g/mol. The number of amides is 2. The molecule has 2 amide bonds. The molecule has 1 aliphatic rings. The molecule has 1 aromatic carbocycles. The van der Waals surface area contributed by atoms with Crippen molar-refractivity contribution in [3.8, 4) is 5.69 Å². The van der Waals surface area contributed by atoms with Gasteiger partial charge in [0.15, 0.2) is 0 Å². The molecule has 0 aliphatic heterocycles. The Kier molecular flexibility index (Phi) is 2.72. The number of nitrogens with zero attached hydrogens (tertiary/aromatic N) is 2. The second-order valence-electron chi connectivity index (χ2n) is 4.34. The minimum atomic E-state index is -0.155. The van der Waals surface area contributed by atoms with Crippen molar-refractivity contribution in [2.24, 2.45) is 0 Å². The highest BCUT2D eigenvalue weighted by Crippen LogP contribution is 2.21. The number of aromatic nitrogens is 2. The van der Waals surface area contributed by atoms with Gasteiger partial charge < -0.3 is 10.6 Å². The van der Waals surface area contributed by atoms with E-state index in [4.69, 9.17) is 0 Å². The number of carbonyl (C=O) groups excluding carboxylic acids is 1. The third-order valence-corrected chi connectivity index (χ3v) is 2.82. The molecule has 1 aromatic heterocycles. The van der Waals surface area contributed by atoms with Crippen molar-refractivity contribution in [3.63, 3.8) is 0 Å². The second-order valence-corrected chi connectivity index (χ2v) is 4.34. The summed E-state index contributed by atoms with van der Waals surface area (Å²) in [6, 6.07) is 9.63. The van der Waals surface area contributed by atoms with Crippen LogP contribution in [0.5, 0.6) is 0 Å². The van der Waals surface area contributed by atoms with Crippen molar-refractivity contribution < 1.29 is 4.79 Å². The highest BCUT2D eigenvalue weighted by Gasteiger charge is 2.23. The summed E-state index contributed by atoms with van der Waals surface area (Å²) in [5.74, 6) is 0. The van der Waals surface area contributed by atoms with Gasteiger partial charge in [0.25, 0.3) is 0 Å². The molecule has 1 heterocycles. The number of hydrogen-bond donors (Lipinski definition) is 2. The maximum Gasteiger partial charge on any atom is 0.319 e. The van der Waals surface area contributed by atoms with E-state index in [1.54, 1.807) is 10.9 Å². The lowest BCUT2D eigenvalue weighted by molar-refractivity contribution is 0.251. The molecule has 18 heavy (non-hydrogen) atoms. The van der Waals surface area contributed by atoms with Crippen LogP contribution in [0.25, 0.3) is 5.69 Å². The first kappa shape index (κ1) is 10.8. The number of carbonyl (C=O) groups is 1. The standard InChI is InChI=1S/C13H14N4O/c18-13(15-10-6-7-10)16-11-4-1-2-5-12(11)17-9-3-8-14-17/h1-5,8-10H,6-7H2,(H2,15,16,18). The summed E-state index contributed by atoms with van der Waals surface area (Å²) in [6.45, 7) is 0. The molecule has 92 valence electrons. The number of nitrogens with one attached hydrogen (secondary N) is 2. The number of para-hydroxylation sites is 2. The van der Waals surface area contributed by atoms with Gasteiger partial charge in [0, 0.05) is 18.4 Å². The van der Waals surface area contributed by atoms with Crippen LogP contribution in [0.3, 0.4) is 0 Å². The highest BCUT2D eigenvalue weighted by atomic mass is 16.2. The molecule has 1 fully saturated rings. The number of anilines is 1. The van der Waals surface area contributed by atoms with E-state index >= 15 is 0 Å². The Balaban J connectivity index is 1.80. The van der Waals surface area contributed by atoms with E-state index in [0.29, 0.717) is 6.04 Å². The molecule has 3 rings (SSSR count). The van der Waals surface area contributed by atoms with Gasteiger partial charge in [-0.25, -0.2) is 9.48 Å². The fraction of sp³-hybridized carbons (Fsp3) is 0.231. The van der Waals surface area contributed by atoms with E-state index in [1.807, 2.05) is 36.5 Å². The molecule has 0 radical (unpaired) electrons. The first-order chi connectivity index (χ1) is 8.83. The summed E-state index contributed by atoms with van der Waals surface area (Å²) in [5, 5.41) is 9.93. The van der Waals surface area contributed by atoms with Gasteiger partial charge in [-0.1, -0.05) is 12.1 Å². The van der Waals surface area contributed by atoms with Gasteiger partial charge in [-0.2, -0.15) is 5.10 Å². The molecule has 0 spiro atoms. The zero-order chi connectivity index (χ0) is 12.4. The Hall–Kier alpha value is -2.30. The molecule has 1 saturated carbocycles. The van der Waals surface area contributed by atoms with Crippen molar-refractivity contribution in [1.29, 1.82) is 0 Å². The zero-order valence-corrected chi connectivity index (χ0v) is 9.84. The largest absolute Gasteiger partial charge is 0.335 e. The van der Waals surface area contributed by atoms with Crippen molar-refractivity contribution in [2.45, 2.75) is 18.9 Å². The normalized spacial score (nSPS) is 14.2. The fourth-order valence-electron chi connectivity index (χ4n) is 1.76. The van der Waals surface area contributed by atoms with Gasteiger partial charge in [-0.05, 0) is 31.0 Å². The fourth-order valence-corrected chi connectivity index (χ4v) is 1.76. The van der Waals surface area contributed by atoms with Gasteiger partial charge in [-0.15, -0.1) is 0 Å². The lowest BCUT2D eigenvalue weighted by Gasteiger charge is -2.11. The van der Waals surface area contributed by atoms with E-state index in [0.717, 1.165) is 24.2 Å². The number of hydrogen-bond acceptors (Lipinski definition) is 2. The van der Waals surface area contributed by atoms with Crippen LogP contribution in [-0.4, -0.2) is 21.9 Å². The molecule has 5 heteroatoms. The monoisotopic (exact) mass is 242 g/mol. The molecule has 0 atom stereocenters. The van der Waals surface area contributed by atoms with Crippen LogP contribution >= 0.6 is 0 Å². The van der Waals surface area contributed by atoms with Gasteiger partial charge in [0.1, 0.15) is 0 Å². The highest BCUT2D eigenvalue weighted by molar-refractivity contribution is 5.91. The van der Waals surface area contributed by atoms with Crippen molar-refractivity contribution in [1.82, 2.24) is 15.1 Å². The molecular formula is C13H14N4O. The zero-order valence-electron chi connectivity index (χ0n) is 9.84. The molecule has 2 N–H and O–H groups in total. The van der Waals surface area contributed by atoms with E-state index in [1.165, 1.54) is 0 Å². The molecule has 0 bridgehead atoms. The minimum Gasteiger partial charge on any atom is -0.335 e. The lowest BCUT2D eigenvalue weighted by atomic mass is 10.2. The van der Waals surface area contributed by atoms with Crippen molar-refractivity contribution >= 4 is 11.7 Å². The predicted molar refractivity (Wildman–Crippen MR) is 68.7 cm³/mol. The van der Waals surface area contributed by atoms with Gasteiger partial charge in [0.2, 0.25) is 0 Å². The van der Waals surface area contributed by atoms with Crippen LogP contribution in [0.1, 0.15) is 12.8 Å². The minimum absolute atomic E-state index is 0.155. The van der Waals surface area contributed by atoms with E-state index < -0.39 is 0 Å². The second kappa shape index (κ2) is 4.52. The maximum atomic E-state index is 11.7. The first-order valence-corrected chi connectivity index (χ1v) is 5.99. The van der Waals surface area contributed by atoms with Crippen LogP contribution in [0.15, 0.2) is 42.7 Å². The summed E-state index contributed by atoms with van der Waals surface area (Å²) >= 11 is 0. The average Bonchev–Trinajstić information content (AvgIpc) is 3.01. The Morgan fingerprint density at radius 3 is 2.83 bits per heavy atom. The van der Waals surface area contributed by atoms with Crippen LogP contribution in [0.4, 0.5) is 10.5 Å². The number of benzene rings is 1. The van der Waals surface area contributed by atoms with E-state index in [9.17, 15) is 4.79 Å². The third kappa shape index (κ3) is 2.34. The van der Waals surface area contributed by atoms with Gasteiger partial charge >= 0.3 is 6.03 Å².